The van der Waals surface area contributed by atoms with Crippen molar-refractivity contribution < 1.29 is 13.3 Å². The van der Waals surface area contributed by atoms with Crippen LogP contribution in [0.2, 0.25) is 0 Å². The van der Waals surface area contributed by atoms with Gasteiger partial charge in [-0.15, -0.1) is 0 Å². The molecule has 4 rings (SSSR count). The second kappa shape index (κ2) is 7.29. The van der Waals surface area contributed by atoms with Crippen LogP contribution < -0.4 is 0 Å². The zero-order chi connectivity index (χ0) is 17.9. The Balaban J connectivity index is 1.36. The third-order valence-corrected chi connectivity index (χ3v) is 4.67. The van der Waals surface area contributed by atoms with Gasteiger partial charge in [0, 0.05) is 18.7 Å². The van der Waals surface area contributed by atoms with Gasteiger partial charge in [-0.25, -0.2) is 8.78 Å². The largest absolute Gasteiger partial charge is 0.332 e. The number of halogens is 2. The molecular formula is C19H18F2N4O. The molecule has 0 bridgehead atoms. The molecule has 1 aliphatic rings. The van der Waals surface area contributed by atoms with E-state index < -0.39 is 11.6 Å². The van der Waals surface area contributed by atoms with Crippen LogP contribution in [0.3, 0.4) is 0 Å². The summed E-state index contributed by atoms with van der Waals surface area (Å²) in [6.07, 6.45) is 3.48. The van der Waals surface area contributed by atoms with Crippen LogP contribution >= 0.6 is 0 Å². The van der Waals surface area contributed by atoms with E-state index in [0.717, 1.165) is 31.5 Å². The second-order valence-corrected chi connectivity index (χ2v) is 6.47. The van der Waals surface area contributed by atoms with E-state index in [2.05, 4.69) is 20.0 Å². The minimum Gasteiger partial charge on any atom is -0.332 e. The zero-order valence-electron chi connectivity index (χ0n) is 14.1. The van der Waals surface area contributed by atoms with E-state index in [0.29, 0.717) is 24.0 Å². The summed E-state index contributed by atoms with van der Waals surface area (Å²) in [6.45, 7) is 2.30. The van der Waals surface area contributed by atoms with Crippen molar-refractivity contribution in [1.82, 2.24) is 20.0 Å². The first-order valence-electron chi connectivity index (χ1n) is 8.60. The lowest BCUT2D eigenvalue weighted by molar-refractivity contribution is 0.200. The van der Waals surface area contributed by atoms with Crippen LogP contribution in [-0.4, -0.2) is 33.1 Å². The van der Waals surface area contributed by atoms with E-state index in [-0.39, 0.29) is 5.92 Å². The molecule has 2 aromatic heterocycles. The smallest absolute Gasteiger partial charge is 0.276 e. The normalized spacial score (nSPS) is 16.1. The molecule has 0 aliphatic carbocycles. The maximum Gasteiger partial charge on any atom is 0.276 e. The van der Waals surface area contributed by atoms with Crippen LogP contribution in [-0.2, 0) is 6.54 Å². The van der Waals surface area contributed by atoms with Crippen LogP contribution in [0.4, 0.5) is 8.78 Å². The molecule has 1 aromatic carbocycles. The standard InChI is InChI=1S/C19H18F2N4O/c20-15-5-4-13(11-16(15)21)12-25-9-6-14(7-10-25)18-23-19(26-24-18)17-3-1-2-8-22-17/h1-5,8,11,14H,6-7,9-10,12H2. The minimum atomic E-state index is -0.812. The van der Waals surface area contributed by atoms with E-state index >= 15 is 0 Å². The minimum absolute atomic E-state index is 0.234. The maximum atomic E-state index is 13.3. The van der Waals surface area contributed by atoms with Crippen LogP contribution in [0, 0.1) is 11.6 Å². The third-order valence-electron chi connectivity index (χ3n) is 4.67. The summed E-state index contributed by atoms with van der Waals surface area (Å²) in [5, 5.41) is 4.11. The fraction of sp³-hybridized carbons (Fsp3) is 0.316. The molecule has 0 unspecified atom stereocenters. The summed E-state index contributed by atoms with van der Waals surface area (Å²) in [5.74, 6) is -0.236. The molecule has 3 heterocycles. The van der Waals surface area contributed by atoms with E-state index in [4.69, 9.17) is 4.52 Å². The van der Waals surface area contributed by atoms with Crippen molar-refractivity contribution in [2.45, 2.75) is 25.3 Å². The number of benzene rings is 1. The Hall–Kier alpha value is -2.67. The average molecular weight is 356 g/mol. The Morgan fingerprint density at radius 2 is 1.92 bits per heavy atom. The number of pyridine rings is 1. The van der Waals surface area contributed by atoms with Gasteiger partial charge in [-0.1, -0.05) is 17.3 Å². The van der Waals surface area contributed by atoms with E-state index in [9.17, 15) is 8.78 Å². The molecule has 0 N–H and O–H groups in total. The second-order valence-electron chi connectivity index (χ2n) is 6.47. The summed E-state index contributed by atoms with van der Waals surface area (Å²) in [5.41, 5.74) is 1.45. The molecule has 0 amide bonds. The maximum absolute atomic E-state index is 13.3. The Morgan fingerprint density at radius 3 is 2.65 bits per heavy atom. The van der Waals surface area contributed by atoms with Gasteiger partial charge >= 0.3 is 0 Å². The first kappa shape index (κ1) is 16.8. The van der Waals surface area contributed by atoms with Crippen molar-refractivity contribution in [2.75, 3.05) is 13.1 Å². The van der Waals surface area contributed by atoms with Gasteiger partial charge in [0.1, 0.15) is 5.69 Å². The van der Waals surface area contributed by atoms with Crippen molar-refractivity contribution in [3.63, 3.8) is 0 Å². The van der Waals surface area contributed by atoms with E-state index in [1.165, 1.54) is 12.1 Å². The molecule has 1 aliphatic heterocycles. The SMILES string of the molecule is Fc1ccc(CN2CCC(c3noc(-c4ccccn4)n3)CC2)cc1F. The Kier molecular flexibility index (Phi) is 4.71. The van der Waals surface area contributed by atoms with Gasteiger partial charge in [-0.3, -0.25) is 9.88 Å². The quantitative estimate of drug-likeness (QED) is 0.712. The van der Waals surface area contributed by atoms with Crippen LogP contribution in [0.25, 0.3) is 11.6 Å². The summed E-state index contributed by atoms with van der Waals surface area (Å²) >= 11 is 0. The van der Waals surface area contributed by atoms with Crippen molar-refractivity contribution in [2.24, 2.45) is 0 Å². The molecule has 1 saturated heterocycles. The molecule has 1 fully saturated rings. The highest BCUT2D eigenvalue weighted by Crippen LogP contribution is 2.28. The molecule has 26 heavy (non-hydrogen) atoms. The first-order valence-corrected chi connectivity index (χ1v) is 8.60. The monoisotopic (exact) mass is 356 g/mol. The Morgan fingerprint density at radius 1 is 1.08 bits per heavy atom. The number of piperidine rings is 1. The summed E-state index contributed by atoms with van der Waals surface area (Å²) in [6, 6.07) is 9.62. The van der Waals surface area contributed by atoms with Crippen molar-refractivity contribution in [3.05, 3.63) is 65.6 Å². The number of rotatable bonds is 4. The molecule has 0 radical (unpaired) electrons. The predicted molar refractivity (Wildman–Crippen MR) is 91.1 cm³/mol. The number of hydrogen-bond acceptors (Lipinski definition) is 5. The zero-order valence-corrected chi connectivity index (χ0v) is 14.1. The van der Waals surface area contributed by atoms with Gasteiger partial charge in [0.05, 0.1) is 0 Å². The highest BCUT2D eigenvalue weighted by atomic mass is 19.2. The third kappa shape index (κ3) is 3.62. The average Bonchev–Trinajstić information content (AvgIpc) is 3.16. The lowest BCUT2D eigenvalue weighted by Gasteiger charge is -2.30. The number of likely N-dealkylation sites (tertiary alicyclic amines) is 1. The highest BCUT2D eigenvalue weighted by molar-refractivity contribution is 5.45. The lowest BCUT2D eigenvalue weighted by Crippen LogP contribution is -2.32. The molecule has 0 atom stereocenters. The predicted octanol–water partition coefficient (Wildman–Crippen LogP) is 3.79. The molecular weight excluding hydrogens is 338 g/mol. The van der Waals surface area contributed by atoms with Crippen molar-refractivity contribution in [3.8, 4) is 11.6 Å². The van der Waals surface area contributed by atoms with Gasteiger partial charge < -0.3 is 4.52 Å². The first-order chi connectivity index (χ1) is 12.7. The number of hydrogen-bond donors (Lipinski definition) is 0. The van der Waals surface area contributed by atoms with Gasteiger partial charge in [0.2, 0.25) is 0 Å². The van der Waals surface area contributed by atoms with Gasteiger partial charge in [-0.05, 0) is 55.8 Å². The number of nitrogens with zero attached hydrogens (tertiary/aromatic N) is 4. The van der Waals surface area contributed by atoms with Crippen LogP contribution in [0.5, 0.6) is 0 Å². The van der Waals surface area contributed by atoms with Gasteiger partial charge in [-0.2, -0.15) is 4.98 Å². The van der Waals surface area contributed by atoms with Crippen molar-refractivity contribution in [1.29, 1.82) is 0 Å². The van der Waals surface area contributed by atoms with Gasteiger partial charge in [0.25, 0.3) is 5.89 Å². The number of aromatic nitrogens is 3. The molecule has 134 valence electrons. The fourth-order valence-corrected chi connectivity index (χ4v) is 3.24. The Labute approximate surface area is 149 Å². The molecule has 7 heteroatoms. The molecule has 0 saturated carbocycles. The van der Waals surface area contributed by atoms with E-state index in [1.807, 2.05) is 18.2 Å². The molecule has 0 spiro atoms. The van der Waals surface area contributed by atoms with Crippen LogP contribution in [0.15, 0.2) is 47.1 Å². The summed E-state index contributed by atoms with van der Waals surface area (Å²) in [7, 11) is 0. The summed E-state index contributed by atoms with van der Waals surface area (Å²) in [4.78, 5) is 10.9. The lowest BCUT2D eigenvalue weighted by atomic mass is 9.96. The Bertz CT molecular complexity index is 876. The molecule has 5 nitrogen and oxygen atoms in total. The highest BCUT2D eigenvalue weighted by Gasteiger charge is 2.25. The molecule has 3 aromatic rings. The van der Waals surface area contributed by atoms with Crippen LogP contribution in [0.1, 0.15) is 30.1 Å². The fourth-order valence-electron chi connectivity index (χ4n) is 3.24. The van der Waals surface area contributed by atoms with E-state index in [1.54, 1.807) is 12.3 Å². The summed E-state index contributed by atoms with van der Waals surface area (Å²) < 4.78 is 31.7. The van der Waals surface area contributed by atoms with Crippen molar-refractivity contribution >= 4 is 0 Å². The van der Waals surface area contributed by atoms with Gasteiger partial charge in [0.15, 0.2) is 17.5 Å². The topological polar surface area (TPSA) is 55.1 Å².